The average Bonchev–Trinajstić information content (AvgIpc) is 2.43. The molecule has 3 nitrogen and oxygen atoms in total. The Labute approximate surface area is 127 Å². The molecule has 0 radical (unpaired) electrons. The van der Waals surface area contributed by atoms with E-state index in [9.17, 15) is 4.79 Å². The summed E-state index contributed by atoms with van der Waals surface area (Å²) in [6, 6.07) is 13.1. The molecule has 0 bridgehead atoms. The smallest absolute Gasteiger partial charge is 0.259 e. The van der Waals surface area contributed by atoms with Gasteiger partial charge in [0.1, 0.15) is 5.75 Å². The largest absolute Gasteiger partial charge is 0.493 e. The lowest BCUT2D eigenvalue weighted by Gasteiger charge is -2.11. The van der Waals surface area contributed by atoms with Gasteiger partial charge in [-0.25, -0.2) is 0 Å². The summed E-state index contributed by atoms with van der Waals surface area (Å²) in [7, 11) is 0. The second-order valence-corrected chi connectivity index (χ2v) is 5.31. The van der Waals surface area contributed by atoms with E-state index < -0.39 is 0 Å². The molecule has 0 unspecified atom stereocenters. The Morgan fingerprint density at radius 2 is 1.90 bits per heavy atom. The summed E-state index contributed by atoms with van der Waals surface area (Å²) in [5.41, 5.74) is 2.44. The van der Waals surface area contributed by atoms with Gasteiger partial charge in [0.15, 0.2) is 0 Å². The number of halogens is 1. The van der Waals surface area contributed by atoms with E-state index in [4.69, 9.17) is 4.74 Å². The number of nitrogens with one attached hydrogen (secondary N) is 1. The Kier molecular flexibility index (Phi) is 4.79. The number of hydrogen-bond acceptors (Lipinski definition) is 2. The number of hydrogen-bond donors (Lipinski definition) is 1. The summed E-state index contributed by atoms with van der Waals surface area (Å²) in [5, 5.41) is 2.87. The number of aryl methyl sites for hydroxylation is 1. The number of anilines is 1. The van der Waals surface area contributed by atoms with Crippen molar-refractivity contribution in [1.29, 1.82) is 0 Å². The maximum Gasteiger partial charge on any atom is 0.259 e. The molecule has 104 valence electrons. The lowest BCUT2D eigenvalue weighted by molar-refractivity contribution is 0.102. The third-order valence-electron chi connectivity index (χ3n) is 2.80. The van der Waals surface area contributed by atoms with Crippen molar-refractivity contribution in [1.82, 2.24) is 0 Å². The van der Waals surface area contributed by atoms with Gasteiger partial charge >= 0.3 is 0 Å². The van der Waals surface area contributed by atoms with Crippen LogP contribution in [-0.2, 0) is 0 Å². The van der Waals surface area contributed by atoms with E-state index in [2.05, 4.69) is 21.2 Å². The fraction of sp³-hybridized carbons (Fsp3) is 0.188. The minimum atomic E-state index is -0.182. The summed E-state index contributed by atoms with van der Waals surface area (Å²) in [5.74, 6) is 0.402. The van der Waals surface area contributed by atoms with Gasteiger partial charge in [0, 0.05) is 10.2 Å². The Bertz CT molecular complexity index is 608. The number of amides is 1. The number of carbonyl (C=O) groups is 1. The van der Waals surface area contributed by atoms with Crippen molar-refractivity contribution in [2.24, 2.45) is 0 Å². The van der Waals surface area contributed by atoms with Gasteiger partial charge in [-0.1, -0.05) is 33.6 Å². The van der Waals surface area contributed by atoms with E-state index in [1.165, 1.54) is 0 Å². The van der Waals surface area contributed by atoms with Crippen LogP contribution in [0.15, 0.2) is 46.9 Å². The van der Waals surface area contributed by atoms with Gasteiger partial charge in [0.05, 0.1) is 12.2 Å². The van der Waals surface area contributed by atoms with E-state index in [-0.39, 0.29) is 5.91 Å². The highest BCUT2D eigenvalue weighted by atomic mass is 79.9. The van der Waals surface area contributed by atoms with E-state index >= 15 is 0 Å². The van der Waals surface area contributed by atoms with Crippen LogP contribution in [0.5, 0.6) is 5.75 Å². The van der Waals surface area contributed by atoms with Crippen LogP contribution in [0, 0.1) is 6.92 Å². The van der Waals surface area contributed by atoms with Gasteiger partial charge in [0.2, 0.25) is 0 Å². The van der Waals surface area contributed by atoms with Gasteiger partial charge < -0.3 is 10.1 Å². The molecule has 1 N–H and O–H groups in total. The standard InChI is InChI=1S/C16H16BrNO2/c1-3-20-15-9-6-12(17)10-14(15)16(19)18-13-7-4-11(2)5-8-13/h4-10H,3H2,1-2H3,(H,18,19). The normalized spacial score (nSPS) is 10.2. The second kappa shape index (κ2) is 6.57. The Balaban J connectivity index is 2.23. The molecule has 20 heavy (non-hydrogen) atoms. The molecule has 1 amide bonds. The average molecular weight is 334 g/mol. The molecule has 2 rings (SSSR count). The topological polar surface area (TPSA) is 38.3 Å². The van der Waals surface area contributed by atoms with E-state index in [1.54, 1.807) is 12.1 Å². The van der Waals surface area contributed by atoms with Crippen LogP contribution in [0.1, 0.15) is 22.8 Å². The lowest BCUT2D eigenvalue weighted by Crippen LogP contribution is -2.13. The fourth-order valence-electron chi connectivity index (χ4n) is 1.80. The third kappa shape index (κ3) is 3.61. The zero-order valence-corrected chi connectivity index (χ0v) is 13.0. The van der Waals surface area contributed by atoms with Crippen LogP contribution in [0.25, 0.3) is 0 Å². The van der Waals surface area contributed by atoms with E-state index in [0.717, 1.165) is 15.7 Å². The first-order chi connectivity index (χ1) is 9.60. The first-order valence-electron chi connectivity index (χ1n) is 6.40. The minimum Gasteiger partial charge on any atom is -0.493 e. The molecule has 0 aromatic heterocycles. The van der Waals surface area contributed by atoms with Gasteiger partial charge in [-0.3, -0.25) is 4.79 Å². The van der Waals surface area contributed by atoms with Gasteiger partial charge in [-0.05, 0) is 44.2 Å². The first kappa shape index (κ1) is 14.6. The lowest BCUT2D eigenvalue weighted by atomic mass is 10.1. The molecular formula is C16H16BrNO2. The maximum absolute atomic E-state index is 12.3. The highest BCUT2D eigenvalue weighted by Gasteiger charge is 2.13. The zero-order chi connectivity index (χ0) is 14.5. The predicted octanol–water partition coefficient (Wildman–Crippen LogP) is 4.41. The number of carbonyl (C=O) groups excluding carboxylic acids is 1. The molecular weight excluding hydrogens is 318 g/mol. The summed E-state index contributed by atoms with van der Waals surface area (Å²) < 4.78 is 6.33. The number of rotatable bonds is 4. The maximum atomic E-state index is 12.3. The summed E-state index contributed by atoms with van der Waals surface area (Å²) in [4.78, 5) is 12.3. The monoisotopic (exact) mass is 333 g/mol. The molecule has 0 fully saturated rings. The first-order valence-corrected chi connectivity index (χ1v) is 7.20. The van der Waals surface area contributed by atoms with Crippen molar-refractivity contribution in [2.45, 2.75) is 13.8 Å². The molecule has 0 aliphatic heterocycles. The molecule has 0 heterocycles. The van der Waals surface area contributed by atoms with E-state index in [1.807, 2.05) is 44.2 Å². The van der Waals surface area contributed by atoms with Crippen LogP contribution in [0.4, 0.5) is 5.69 Å². The van der Waals surface area contributed by atoms with Crippen molar-refractivity contribution >= 4 is 27.5 Å². The quantitative estimate of drug-likeness (QED) is 0.899. The van der Waals surface area contributed by atoms with Gasteiger partial charge in [-0.15, -0.1) is 0 Å². The third-order valence-corrected chi connectivity index (χ3v) is 3.29. The molecule has 0 atom stereocenters. The van der Waals surface area contributed by atoms with Crippen molar-refractivity contribution in [2.75, 3.05) is 11.9 Å². The molecule has 0 aliphatic carbocycles. The summed E-state index contributed by atoms with van der Waals surface area (Å²) >= 11 is 3.38. The number of ether oxygens (including phenoxy) is 1. The molecule has 2 aromatic rings. The van der Waals surface area contributed by atoms with Crippen molar-refractivity contribution in [3.63, 3.8) is 0 Å². The Hall–Kier alpha value is -1.81. The Morgan fingerprint density at radius 1 is 1.20 bits per heavy atom. The van der Waals surface area contributed by atoms with Crippen molar-refractivity contribution < 1.29 is 9.53 Å². The summed E-state index contributed by atoms with van der Waals surface area (Å²) in [6.07, 6.45) is 0. The molecule has 4 heteroatoms. The van der Waals surface area contributed by atoms with Crippen LogP contribution in [-0.4, -0.2) is 12.5 Å². The molecule has 2 aromatic carbocycles. The Morgan fingerprint density at radius 3 is 2.55 bits per heavy atom. The second-order valence-electron chi connectivity index (χ2n) is 4.39. The van der Waals surface area contributed by atoms with Crippen molar-refractivity contribution in [3.8, 4) is 5.75 Å². The van der Waals surface area contributed by atoms with E-state index in [0.29, 0.717) is 17.9 Å². The molecule has 0 saturated carbocycles. The van der Waals surface area contributed by atoms with Crippen LogP contribution in [0.2, 0.25) is 0 Å². The summed E-state index contributed by atoms with van der Waals surface area (Å²) in [6.45, 7) is 4.42. The van der Waals surface area contributed by atoms with Crippen LogP contribution < -0.4 is 10.1 Å². The molecule has 0 aliphatic rings. The van der Waals surface area contributed by atoms with Crippen LogP contribution >= 0.6 is 15.9 Å². The van der Waals surface area contributed by atoms with Crippen molar-refractivity contribution in [3.05, 3.63) is 58.1 Å². The van der Waals surface area contributed by atoms with Crippen LogP contribution in [0.3, 0.4) is 0 Å². The number of benzene rings is 2. The molecule has 0 saturated heterocycles. The fourth-order valence-corrected chi connectivity index (χ4v) is 2.16. The van der Waals surface area contributed by atoms with Gasteiger partial charge in [0.25, 0.3) is 5.91 Å². The highest BCUT2D eigenvalue weighted by molar-refractivity contribution is 9.10. The molecule has 0 spiro atoms. The SMILES string of the molecule is CCOc1ccc(Br)cc1C(=O)Nc1ccc(C)cc1. The minimum absolute atomic E-state index is 0.182. The predicted molar refractivity (Wildman–Crippen MR) is 84.4 cm³/mol. The van der Waals surface area contributed by atoms with Gasteiger partial charge in [-0.2, -0.15) is 0 Å². The zero-order valence-electron chi connectivity index (χ0n) is 11.4. The highest BCUT2D eigenvalue weighted by Crippen LogP contribution is 2.24.